The molecule has 3 rings (SSSR count). The summed E-state index contributed by atoms with van der Waals surface area (Å²) in [4.78, 5) is 33.4. The number of hydrogen-bond donors (Lipinski definition) is 1. The van der Waals surface area contributed by atoms with Gasteiger partial charge in [0.25, 0.3) is 5.91 Å². The van der Waals surface area contributed by atoms with Crippen LogP contribution in [0.25, 0.3) is 10.7 Å². The standard InChI is InChI=1S/C19H23N3O3S/c1-12-6-8-14(9-7-12)22-16(23)11-25-19(24)17-13(2)21-18(26-17)15-5-3-4-10-20-15/h3-5,10,12,14H,6-9,11H2,1-2H3,(H,22,23). The van der Waals surface area contributed by atoms with E-state index in [1.165, 1.54) is 11.3 Å². The minimum Gasteiger partial charge on any atom is -0.451 e. The Morgan fingerprint density at radius 3 is 2.73 bits per heavy atom. The van der Waals surface area contributed by atoms with Gasteiger partial charge in [-0.15, -0.1) is 11.3 Å². The molecule has 7 heteroatoms. The number of esters is 1. The van der Waals surface area contributed by atoms with Crippen LogP contribution in [-0.2, 0) is 9.53 Å². The first kappa shape index (κ1) is 18.5. The molecule has 1 amide bonds. The molecule has 0 radical (unpaired) electrons. The van der Waals surface area contributed by atoms with Crippen LogP contribution in [-0.4, -0.2) is 34.5 Å². The van der Waals surface area contributed by atoms with Crippen molar-refractivity contribution in [1.29, 1.82) is 0 Å². The Labute approximate surface area is 157 Å². The molecule has 1 aliphatic carbocycles. The quantitative estimate of drug-likeness (QED) is 0.813. The number of nitrogens with one attached hydrogen (secondary N) is 1. The summed E-state index contributed by atoms with van der Waals surface area (Å²) < 4.78 is 5.18. The van der Waals surface area contributed by atoms with Gasteiger partial charge in [-0.25, -0.2) is 9.78 Å². The second kappa shape index (κ2) is 8.40. The van der Waals surface area contributed by atoms with Crippen molar-refractivity contribution in [2.24, 2.45) is 5.92 Å². The molecule has 2 aromatic heterocycles. The lowest BCUT2D eigenvalue weighted by Crippen LogP contribution is -2.39. The number of rotatable bonds is 5. The fourth-order valence-electron chi connectivity index (χ4n) is 3.06. The molecule has 0 atom stereocenters. The van der Waals surface area contributed by atoms with Crippen molar-refractivity contribution in [2.75, 3.05) is 6.61 Å². The number of carbonyl (C=O) groups is 2. The van der Waals surface area contributed by atoms with Crippen LogP contribution >= 0.6 is 11.3 Å². The van der Waals surface area contributed by atoms with Crippen molar-refractivity contribution < 1.29 is 14.3 Å². The minimum atomic E-state index is -0.519. The highest BCUT2D eigenvalue weighted by Gasteiger charge is 2.22. The lowest BCUT2D eigenvalue weighted by molar-refractivity contribution is -0.125. The molecule has 2 aromatic rings. The number of hydrogen-bond acceptors (Lipinski definition) is 6. The zero-order chi connectivity index (χ0) is 18.5. The maximum atomic E-state index is 12.3. The van der Waals surface area contributed by atoms with Crippen LogP contribution in [0, 0.1) is 12.8 Å². The Balaban J connectivity index is 1.53. The van der Waals surface area contributed by atoms with Crippen molar-refractivity contribution in [3.05, 3.63) is 35.0 Å². The van der Waals surface area contributed by atoms with Gasteiger partial charge in [0.1, 0.15) is 9.88 Å². The normalized spacial score (nSPS) is 19.8. The topological polar surface area (TPSA) is 81.2 Å². The summed E-state index contributed by atoms with van der Waals surface area (Å²) in [6, 6.07) is 5.72. The summed E-state index contributed by atoms with van der Waals surface area (Å²) in [7, 11) is 0. The number of carbonyl (C=O) groups excluding carboxylic acids is 2. The number of pyridine rings is 1. The van der Waals surface area contributed by atoms with Crippen LogP contribution in [0.1, 0.15) is 48.0 Å². The van der Waals surface area contributed by atoms with Crippen LogP contribution in [0.2, 0.25) is 0 Å². The molecule has 6 nitrogen and oxygen atoms in total. The number of aromatic nitrogens is 2. The molecule has 1 N–H and O–H groups in total. The van der Waals surface area contributed by atoms with Crippen molar-refractivity contribution in [3.63, 3.8) is 0 Å². The van der Waals surface area contributed by atoms with Gasteiger partial charge >= 0.3 is 5.97 Å². The van der Waals surface area contributed by atoms with Gasteiger partial charge in [-0.3, -0.25) is 9.78 Å². The van der Waals surface area contributed by atoms with Crippen molar-refractivity contribution in [1.82, 2.24) is 15.3 Å². The van der Waals surface area contributed by atoms with E-state index in [0.29, 0.717) is 21.3 Å². The minimum absolute atomic E-state index is 0.193. The van der Waals surface area contributed by atoms with E-state index in [0.717, 1.165) is 31.6 Å². The third-order valence-electron chi connectivity index (χ3n) is 4.58. The summed E-state index contributed by atoms with van der Waals surface area (Å²) in [5.41, 5.74) is 1.30. The number of ether oxygens (including phenoxy) is 1. The monoisotopic (exact) mass is 373 g/mol. The molecule has 0 aromatic carbocycles. The van der Waals surface area contributed by atoms with Gasteiger partial charge in [-0.2, -0.15) is 0 Å². The molecule has 0 bridgehead atoms. The van der Waals surface area contributed by atoms with Gasteiger partial charge in [0.05, 0.1) is 11.4 Å². The van der Waals surface area contributed by atoms with Crippen LogP contribution in [0.4, 0.5) is 0 Å². The summed E-state index contributed by atoms with van der Waals surface area (Å²) in [5, 5.41) is 3.62. The van der Waals surface area contributed by atoms with E-state index in [1.54, 1.807) is 13.1 Å². The van der Waals surface area contributed by atoms with Crippen LogP contribution in [0.3, 0.4) is 0 Å². The number of thiazole rings is 1. The third-order valence-corrected chi connectivity index (χ3v) is 5.74. The lowest BCUT2D eigenvalue weighted by Gasteiger charge is -2.26. The van der Waals surface area contributed by atoms with E-state index in [1.807, 2.05) is 18.2 Å². The van der Waals surface area contributed by atoms with Crippen LogP contribution in [0.15, 0.2) is 24.4 Å². The van der Waals surface area contributed by atoms with Crippen LogP contribution < -0.4 is 5.32 Å². The molecule has 0 spiro atoms. The average molecular weight is 373 g/mol. The fraction of sp³-hybridized carbons (Fsp3) is 0.474. The number of amides is 1. The number of nitrogens with zero attached hydrogens (tertiary/aromatic N) is 2. The first-order chi connectivity index (χ1) is 12.5. The second-order valence-electron chi connectivity index (χ2n) is 6.75. The van der Waals surface area contributed by atoms with Gasteiger partial charge in [0, 0.05) is 12.2 Å². The van der Waals surface area contributed by atoms with E-state index >= 15 is 0 Å². The van der Waals surface area contributed by atoms with Crippen LogP contribution in [0.5, 0.6) is 0 Å². The van der Waals surface area contributed by atoms with Gasteiger partial charge < -0.3 is 10.1 Å². The Morgan fingerprint density at radius 1 is 1.27 bits per heavy atom. The van der Waals surface area contributed by atoms with Gasteiger partial charge in [-0.05, 0) is 50.7 Å². The Morgan fingerprint density at radius 2 is 2.04 bits per heavy atom. The average Bonchev–Trinajstić information content (AvgIpc) is 3.04. The highest BCUT2D eigenvalue weighted by molar-refractivity contribution is 7.17. The zero-order valence-electron chi connectivity index (χ0n) is 15.0. The summed E-state index contributed by atoms with van der Waals surface area (Å²) in [6.45, 7) is 3.72. The largest absolute Gasteiger partial charge is 0.451 e. The Bertz CT molecular complexity index is 768. The fourth-order valence-corrected chi connectivity index (χ4v) is 3.99. The lowest BCUT2D eigenvalue weighted by atomic mass is 9.87. The SMILES string of the molecule is Cc1nc(-c2ccccn2)sc1C(=O)OCC(=O)NC1CCC(C)CC1. The molecule has 1 aliphatic rings. The van der Waals surface area contributed by atoms with Gasteiger partial charge in [0.15, 0.2) is 6.61 Å². The highest BCUT2D eigenvalue weighted by Crippen LogP contribution is 2.27. The van der Waals surface area contributed by atoms with E-state index in [4.69, 9.17) is 4.74 Å². The van der Waals surface area contributed by atoms with Crippen molar-refractivity contribution >= 4 is 23.2 Å². The second-order valence-corrected chi connectivity index (χ2v) is 7.75. The molecule has 138 valence electrons. The predicted molar refractivity (Wildman–Crippen MR) is 99.9 cm³/mol. The highest BCUT2D eigenvalue weighted by atomic mass is 32.1. The smallest absolute Gasteiger partial charge is 0.350 e. The molecule has 1 saturated carbocycles. The maximum absolute atomic E-state index is 12.3. The van der Waals surface area contributed by atoms with E-state index in [2.05, 4.69) is 22.2 Å². The summed E-state index contributed by atoms with van der Waals surface area (Å²) in [6.07, 6.45) is 5.91. The predicted octanol–water partition coefficient (Wildman–Crippen LogP) is 3.37. The third kappa shape index (κ3) is 4.66. The van der Waals surface area contributed by atoms with Crippen molar-refractivity contribution in [2.45, 2.75) is 45.6 Å². The molecule has 0 aliphatic heterocycles. The molecule has 0 unspecified atom stereocenters. The number of aryl methyl sites for hydroxylation is 1. The van der Waals surface area contributed by atoms with Gasteiger partial charge in [-0.1, -0.05) is 13.0 Å². The van der Waals surface area contributed by atoms with Gasteiger partial charge in [0.2, 0.25) is 0 Å². The van der Waals surface area contributed by atoms with E-state index < -0.39 is 5.97 Å². The van der Waals surface area contributed by atoms with E-state index in [9.17, 15) is 9.59 Å². The molecule has 1 fully saturated rings. The summed E-state index contributed by atoms with van der Waals surface area (Å²) in [5.74, 6) is -0.0387. The molecular weight excluding hydrogens is 350 g/mol. The summed E-state index contributed by atoms with van der Waals surface area (Å²) >= 11 is 1.23. The first-order valence-electron chi connectivity index (χ1n) is 8.88. The zero-order valence-corrected chi connectivity index (χ0v) is 15.8. The molecule has 0 saturated heterocycles. The molecule has 2 heterocycles. The van der Waals surface area contributed by atoms with Crippen molar-refractivity contribution in [3.8, 4) is 10.7 Å². The maximum Gasteiger partial charge on any atom is 0.350 e. The Kier molecular flexibility index (Phi) is 5.98. The molecular formula is C19H23N3O3S. The van der Waals surface area contributed by atoms with E-state index in [-0.39, 0.29) is 18.6 Å². The molecule has 26 heavy (non-hydrogen) atoms. The Hall–Kier alpha value is -2.28. The first-order valence-corrected chi connectivity index (χ1v) is 9.70.